The quantitative estimate of drug-likeness (QED) is 0.118. The summed E-state index contributed by atoms with van der Waals surface area (Å²) >= 11 is 0. The number of carbonyl (C=O) groups is 2. The minimum absolute atomic E-state index is 0.0592. The van der Waals surface area contributed by atoms with Crippen molar-refractivity contribution in [2.75, 3.05) is 19.6 Å². The third-order valence-electron chi connectivity index (χ3n) is 7.14. The van der Waals surface area contributed by atoms with Crippen LogP contribution in [0.4, 0.5) is 9.59 Å². The first-order valence-electron chi connectivity index (χ1n) is 15.5. The van der Waals surface area contributed by atoms with Gasteiger partial charge in [0.15, 0.2) is 0 Å². The average Bonchev–Trinajstić information content (AvgIpc) is 3.00. The zero-order chi connectivity index (χ0) is 31.9. The lowest BCUT2D eigenvalue weighted by Crippen LogP contribution is -2.50. The molecule has 0 aromatic carbocycles. The van der Waals surface area contributed by atoms with E-state index in [9.17, 15) is 9.59 Å². The number of ether oxygens (including phenoxy) is 1. The van der Waals surface area contributed by atoms with Crippen LogP contribution in [-0.2, 0) is 4.74 Å². The highest BCUT2D eigenvalue weighted by Gasteiger charge is 2.34. The summed E-state index contributed by atoms with van der Waals surface area (Å²) < 4.78 is 5.89. The van der Waals surface area contributed by atoms with Crippen LogP contribution in [0.5, 0.6) is 0 Å². The molecule has 3 amide bonds. The molecule has 43 heavy (non-hydrogen) atoms. The van der Waals surface area contributed by atoms with Crippen LogP contribution >= 0.6 is 0 Å². The highest BCUT2D eigenvalue weighted by Crippen LogP contribution is 2.31. The van der Waals surface area contributed by atoms with E-state index in [0.29, 0.717) is 23.9 Å². The number of hydrogen-bond acceptors (Lipinski definition) is 4. The second-order valence-electron chi connectivity index (χ2n) is 10.4. The maximum atomic E-state index is 12.8. The summed E-state index contributed by atoms with van der Waals surface area (Å²) in [5, 5.41) is 8.60. The van der Waals surface area contributed by atoms with Crippen molar-refractivity contribution in [2.45, 2.75) is 78.9 Å². The van der Waals surface area contributed by atoms with E-state index in [4.69, 9.17) is 4.74 Å². The number of carbonyl (C=O) groups excluding carboxylic acids is 2. The molecular formula is C36H54N4O3. The second kappa shape index (κ2) is 22.7. The van der Waals surface area contributed by atoms with Crippen LogP contribution in [0.1, 0.15) is 66.7 Å². The highest BCUT2D eigenvalue weighted by molar-refractivity contribution is 5.76. The van der Waals surface area contributed by atoms with Gasteiger partial charge in [0.05, 0.1) is 0 Å². The fourth-order valence-corrected chi connectivity index (χ4v) is 4.91. The second-order valence-corrected chi connectivity index (χ2v) is 10.4. The molecule has 7 heteroatoms. The first-order valence-corrected chi connectivity index (χ1v) is 15.5. The maximum Gasteiger partial charge on any atom is 0.411 e. The van der Waals surface area contributed by atoms with Crippen LogP contribution in [0.15, 0.2) is 109 Å². The number of nitrogens with one attached hydrogen (secondary N) is 3. The minimum Gasteiger partial charge on any atom is -0.445 e. The summed E-state index contributed by atoms with van der Waals surface area (Å²) in [6, 6.07) is -0.185. The summed E-state index contributed by atoms with van der Waals surface area (Å²) in [6.45, 7) is 19.7. The topological polar surface area (TPSA) is 82.7 Å². The molecule has 3 N–H and O–H groups in total. The predicted octanol–water partition coefficient (Wildman–Crippen LogP) is 8.02. The Hall–Kier alpha value is -3.84. The number of hydrogen-bond donors (Lipinski definition) is 3. The van der Waals surface area contributed by atoms with Gasteiger partial charge in [0, 0.05) is 30.5 Å². The molecule has 0 saturated carbocycles. The smallest absolute Gasteiger partial charge is 0.411 e. The van der Waals surface area contributed by atoms with Gasteiger partial charge in [-0.1, -0.05) is 80.3 Å². The van der Waals surface area contributed by atoms with Crippen molar-refractivity contribution in [3.8, 4) is 0 Å². The van der Waals surface area contributed by atoms with Crippen molar-refractivity contribution in [2.24, 2.45) is 5.92 Å². The Labute approximate surface area is 260 Å². The molecule has 236 valence electrons. The number of likely N-dealkylation sites (tertiary alicyclic amines) is 1. The van der Waals surface area contributed by atoms with Gasteiger partial charge in [-0.05, 0) is 96.6 Å². The molecule has 1 aliphatic heterocycles. The SMILES string of the molecule is C=C/C=C(\C=C/CC)NC(=O)NCCCN1CC[C@H](CC(/C=C\C=C/C)=C/C)CC1C(C)OC(=O)N/C(C=C)=C/C=C\C. The van der Waals surface area contributed by atoms with Crippen molar-refractivity contribution in [3.05, 3.63) is 109 Å². The molecule has 3 atom stereocenters. The van der Waals surface area contributed by atoms with Gasteiger partial charge in [0.25, 0.3) is 0 Å². The average molecular weight is 591 g/mol. The van der Waals surface area contributed by atoms with Crippen LogP contribution < -0.4 is 16.0 Å². The van der Waals surface area contributed by atoms with Gasteiger partial charge in [-0.15, -0.1) is 0 Å². The number of alkyl carbamates (subject to hydrolysis) is 1. The van der Waals surface area contributed by atoms with E-state index in [1.54, 1.807) is 24.3 Å². The number of allylic oxidation sites excluding steroid dienone is 14. The summed E-state index contributed by atoms with van der Waals surface area (Å²) in [6.07, 6.45) is 28.6. The van der Waals surface area contributed by atoms with Gasteiger partial charge in [-0.25, -0.2) is 9.59 Å². The Bertz CT molecular complexity index is 1090. The van der Waals surface area contributed by atoms with Crippen LogP contribution in [-0.4, -0.2) is 48.8 Å². The Balaban J connectivity index is 2.89. The molecule has 0 spiro atoms. The molecular weight excluding hydrogens is 536 g/mol. The summed E-state index contributed by atoms with van der Waals surface area (Å²) in [5.74, 6) is 0.477. The highest BCUT2D eigenvalue weighted by atomic mass is 16.6. The van der Waals surface area contributed by atoms with Crippen molar-refractivity contribution >= 4 is 12.1 Å². The first kappa shape index (κ1) is 37.2. The van der Waals surface area contributed by atoms with Gasteiger partial charge >= 0.3 is 12.1 Å². The van der Waals surface area contributed by atoms with E-state index in [1.807, 2.05) is 64.2 Å². The van der Waals surface area contributed by atoms with Crippen LogP contribution in [0.25, 0.3) is 0 Å². The molecule has 0 radical (unpaired) electrons. The van der Waals surface area contributed by atoms with Gasteiger partial charge in [0.2, 0.25) is 0 Å². The van der Waals surface area contributed by atoms with Gasteiger partial charge < -0.3 is 15.4 Å². The third kappa shape index (κ3) is 15.8. The molecule has 2 unspecified atom stereocenters. The molecule has 1 fully saturated rings. The molecule has 0 aliphatic carbocycles. The standard InChI is InChI=1S/C36H54N4O3/c1-8-14-17-20-30(12-5)27-31-23-26-40(25-18-24-37-35(41)38-33(19-11-4)22-16-10-3)34(28-31)29(7)43-36(42)39-32(13-6)21-15-9-2/h8-9,11-17,19-22,29,31,34H,4,6,10,18,23-28H2,1-3,5,7H3,(H,39,42)(H2,37,38,41)/b14-8-,15-9-,20-17-,22-16-,30-12+,32-21+,33-19+/t29?,31-,34?/m1/s1. The summed E-state index contributed by atoms with van der Waals surface area (Å²) in [4.78, 5) is 27.6. The number of urea groups is 1. The van der Waals surface area contributed by atoms with E-state index in [1.165, 1.54) is 5.57 Å². The number of rotatable bonds is 17. The maximum absolute atomic E-state index is 12.8. The number of amides is 3. The largest absolute Gasteiger partial charge is 0.445 e. The lowest BCUT2D eigenvalue weighted by molar-refractivity contribution is 0.00537. The normalized spacial score (nSPS) is 19.7. The summed E-state index contributed by atoms with van der Waals surface area (Å²) in [5.41, 5.74) is 2.59. The van der Waals surface area contributed by atoms with Gasteiger partial charge in [-0.3, -0.25) is 10.2 Å². The lowest BCUT2D eigenvalue weighted by atomic mass is 9.84. The Morgan fingerprint density at radius 2 is 1.79 bits per heavy atom. The molecule has 0 bridgehead atoms. The van der Waals surface area contributed by atoms with Crippen molar-refractivity contribution in [1.82, 2.24) is 20.9 Å². The molecule has 1 rings (SSSR count). The lowest BCUT2D eigenvalue weighted by Gasteiger charge is -2.42. The first-order chi connectivity index (χ1) is 20.8. The van der Waals surface area contributed by atoms with E-state index >= 15 is 0 Å². The molecule has 1 heterocycles. The number of piperidine rings is 1. The Kier molecular flexibility index (Phi) is 19.6. The Morgan fingerprint density at radius 3 is 2.44 bits per heavy atom. The molecule has 0 aromatic rings. The van der Waals surface area contributed by atoms with E-state index in [0.717, 1.165) is 45.2 Å². The fourth-order valence-electron chi connectivity index (χ4n) is 4.91. The van der Waals surface area contributed by atoms with Crippen molar-refractivity contribution < 1.29 is 14.3 Å². The zero-order valence-electron chi connectivity index (χ0n) is 27.0. The molecule has 1 aliphatic rings. The Morgan fingerprint density at radius 1 is 1.02 bits per heavy atom. The van der Waals surface area contributed by atoms with Crippen LogP contribution in [0, 0.1) is 5.92 Å². The molecule has 7 nitrogen and oxygen atoms in total. The predicted molar refractivity (Wildman–Crippen MR) is 181 cm³/mol. The van der Waals surface area contributed by atoms with Crippen LogP contribution in [0.2, 0.25) is 0 Å². The van der Waals surface area contributed by atoms with Crippen molar-refractivity contribution in [3.63, 3.8) is 0 Å². The minimum atomic E-state index is -0.493. The van der Waals surface area contributed by atoms with E-state index < -0.39 is 6.09 Å². The van der Waals surface area contributed by atoms with Crippen molar-refractivity contribution in [1.29, 1.82) is 0 Å². The monoisotopic (exact) mass is 590 g/mol. The molecule has 1 saturated heterocycles. The van der Waals surface area contributed by atoms with Gasteiger partial charge in [-0.2, -0.15) is 0 Å². The number of nitrogens with zero attached hydrogens (tertiary/aromatic N) is 1. The van der Waals surface area contributed by atoms with E-state index in [-0.39, 0.29) is 18.2 Å². The zero-order valence-corrected chi connectivity index (χ0v) is 27.0. The van der Waals surface area contributed by atoms with Crippen LogP contribution in [0.3, 0.4) is 0 Å². The molecule has 0 aromatic heterocycles. The third-order valence-corrected chi connectivity index (χ3v) is 7.14. The van der Waals surface area contributed by atoms with E-state index in [2.05, 4.69) is 59.2 Å². The fraction of sp³-hybridized carbons (Fsp3) is 0.444. The van der Waals surface area contributed by atoms with Gasteiger partial charge in [0.1, 0.15) is 6.10 Å². The summed E-state index contributed by atoms with van der Waals surface area (Å²) in [7, 11) is 0.